The van der Waals surface area contributed by atoms with E-state index in [2.05, 4.69) is 14.7 Å². The van der Waals surface area contributed by atoms with Gasteiger partial charge in [-0.15, -0.1) is 0 Å². The topological polar surface area (TPSA) is 161 Å². The summed E-state index contributed by atoms with van der Waals surface area (Å²) in [6.07, 6.45) is 2.97. The second-order valence-corrected chi connectivity index (χ2v) is 11.8. The van der Waals surface area contributed by atoms with Crippen molar-refractivity contribution in [3.05, 3.63) is 120 Å². The number of pyridine rings is 2. The molecular formula is C38H43N7O7. The fourth-order valence-corrected chi connectivity index (χ4v) is 5.49. The van der Waals surface area contributed by atoms with E-state index >= 15 is 0 Å². The second kappa shape index (κ2) is 19.1. The summed E-state index contributed by atoms with van der Waals surface area (Å²) in [6, 6.07) is 25.6. The number of para-hydroxylation sites is 2. The zero-order valence-electron chi connectivity index (χ0n) is 29.1. The number of amides is 4. The molecule has 2 aliphatic heterocycles. The Kier molecular flexibility index (Phi) is 13.8. The first-order chi connectivity index (χ1) is 25.4. The van der Waals surface area contributed by atoms with E-state index in [1.54, 1.807) is 43.9 Å². The molecule has 0 spiro atoms. The molecule has 0 radical (unpaired) electrons. The van der Waals surface area contributed by atoms with Gasteiger partial charge in [-0.25, -0.2) is 14.4 Å². The first-order valence-corrected chi connectivity index (χ1v) is 17.0. The average Bonchev–Trinajstić information content (AvgIpc) is 3.22. The van der Waals surface area contributed by atoms with Crippen LogP contribution in [-0.4, -0.2) is 110 Å². The van der Waals surface area contributed by atoms with Crippen LogP contribution >= 0.6 is 0 Å². The molecule has 2 saturated heterocycles. The number of ether oxygens (including phenoxy) is 3. The highest BCUT2D eigenvalue weighted by atomic mass is 16.5. The molecule has 0 aliphatic carbocycles. The molecule has 14 nitrogen and oxygen atoms in total. The predicted octanol–water partition coefficient (Wildman–Crippen LogP) is 4.01. The van der Waals surface area contributed by atoms with Crippen LogP contribution in [0.1, 0.15) is 32.1 Å². The number of hydrogen-bond donors (Lipinski definition) is 1. The van der Waals surface area contributed by atoms with Gasteiger partial charge in [0.05, 0.1) is 70.1 Å². The lowest BCUT2D eigenvalue weighted by Gasteiger charge is -2.33. The summed E-state index contributed by atoms with van der Waals surface area (Å²) in [5, 5.41) is 0. The van der Waals surface area contributed by atoms with Crippen molar-refractivity contribution in [2.45, 2.75) is 13.1 Å². The number of hydrogen-bond acceptors (Lipinski definition) is 10. The lowest BCUT2D eigenvalue weighted by atomic mass is 10.1. The molecule has 4 heterocycles. The average molecular weight is 710 g/mol. The Morgan fingerprint density at radius 1 is 0.654 bits per heavy atom. The van der Waals surface area contributed by atoms with Crippen molar-refractivity contribution in [3.8, 4) is 0 Å². The van der Waals surface area contributed by atoms with Gasteiger partial charge in [-0.05, 0) is 48.5 Å². The Morgan fingerprint density at radius 2 is 1.08 bits per heavy atom. The van der Waals surface area contributed by atoms with Gasteiger partial charge in [-0.3, -0.25) is 24.6 Å². The van der Waals surface area contributed by atoms with Crippen LogP contribution < -0.4 is 15.5 Å². The highest BCUT2D eigenvalue weighted by Gasteiger charge is 2.26. The molecule has 2 aliphatic rings. The summed E-state index contributed by atoms with van der Waals surface area (Å²) in [5.74, 6) is -0.596. The highest BCUT2D eigenvalue weighted by molar-refractivity contribution is 5.97. The molecule has 0 unspecified atom stereocenters. The Morgan fingerprint density at radius 3 is 1.44 bits per heavy atom. The van der Waals surface area contributed by atoms with Gasteiger partial charge in [0.15, 0.2) is 5.78 Å². The van der Waals surface area contributed by atoms with E-state index in [9.17, 15) is 19.2 Å². The molecule has 0 bridgehead atoms. The maximum absolute atomic E-state index is 13.0. The summed E-state index contributed by atoms with van der Waals surface area (Å²) < 4.78 is 15.3. The first-order valence-electron chi connectivity index (χ1n) is 17.0. The molecule has 2 aromatic heterocycles. The van der Waals surface area contributed by atoms with Crippen LogP contribution in [0.25, 0.3) is 0 Å². The number of esters is 1. The van der Waals surface area contributed by atoms with Gasteiger partial charge in [0.1, 0.15) is 0 Å². The van der Waals surface area contributed by atoms with Crippen molar-refractivity contribution in [3.63, 3.8) is 0 Å². The SMILES string of the molecule is COC(=O)c1ccc(CN(C(=O)N2CCOCC2)c2ccccc2)nc1.NCC(=O)c1ccc(CN(C(=O)N2CCOCC2)c2ccccc2)nc1. The van der Waals surface area contributed by atoms with Crippen molar-refractivity contribution in [2.75, 3.05) is 76.1 Å². The van der Waals surface area contributed by atoms with Crippen molar-refractivity contribution < 1.29 is 33.4 Å². The number of nitrogens with zero attached hydrogens (tertiary/aromatic N) is 6. The first kappa shape index (κ1) is 37.6. The fourth-order valence-electron chi connectivity index (χ4n) is 5.49. The van der Waals surface area contributed by atoms with E-state index in [-0.39, 0.29) is 24.4 Å². The molecule has 272 valence electrons. The zero-order valence-corrected chi connectivity index (χ0v) is 29.1. The van der Waals surface area contributed by atoms with Crippen LogP contribution in [0.2, 0.25) is 0 Å². The van der Waals surface area contributed by atoms with Crippen LogP contribution in [0, 0.1) is 0 Å². The molecule has 2 aromatic carbocycles. The number of aromatic nitrogens is 2. The monoisotopic (exact) mass is 709 g/mol. The molecule has 0 atom stereocenters. The minimum absolute atomic E-state index is 0.0489. The van der Waals surface area contributed by atoms with Crippen molar-refractivity contribution in [1.29, 1.82) is 0 Å². The molecule has 14 heteroatoms. The number of carbonyl (C=O) groups excluding carboxylic acids is 4. The van der Waals surface area contributed by atoms with Gasteiger partial charge in [-0.1, -0.05) is 36.4 Å². The fraction of sp³-hybridized carbons (Fsp3) is 0.316. The maximum Gasteiger partial charge on any atom is 0.339 e. The van der Waals surface area contributed by atoms with Gasteiger partial charge in [-0.2, -0.15) is 0 Å². The Bertz CT molecular complexity index is 1620. The third kappa shape index (κ3) is 10.2. The standard InChI is InChI=1S/C19H22N4O3.C19H21N3O4/c20-12-18(24)15-6-7-16(21-13-15)14-23(17-4-2-1-3-5-17)19(25)22-8-10-26-11-9-22;1-25-18(23)15-7-8-16(20-13-15)14-22(17-5-3-2-4-6-17)19(24)21-9-11-26-12-10-21/h1-7,13H,8-12,14,20H2;2-8,13H,9-12,14H2,1H3. The molecule has 4 amide bonds. The van der Waals surface area contributed by atoms with Crippen LogP contribution in [-0.2, 0) is 27.3 Å². The summed E-state index contributed by atoms with van der Waals surface area (Å²) in [7, 11) is 1.33. The summed E-state index contributed by atoms with van der Waals surface area (Å²) in [6.45, 7) is 5.02. The second-order valence-electron chi connectivity index (χ2n) is 11.8. The highest BCUT2D eigenvalue weighted by Crippen LogP contribution is 2.21. The van der Waals surface area contributed by atoms with Crippen LogP contribution in [0.5, 0.6) is 0 Å². The molecule has 0 saturated carbocycles. The van der Waals surface area contributed by atoms with Crippen molar-refractivity contribution in [2.24, 2.45) is 5.73 Å². The third-order valence-corrected chi connectivity index (χ3v) is 8.38. The van der Waals surface area contributed by atoms with Gasteiger partial charge in [0, 0.05) is 55.5 Å². The van der Waals surface area contributed by atoms with E-state index in [1.807, 2.05) is 60.7 Å². The van der Waals surface area contributed by atoms with Gasteiger partial charge in [0.2, 0.25) is 0 Å². The van der Waals surface area contributed by atoms with Crippen molar-refractivity contribution in [1.82, 2.24) is 19.8 Å². The minimum atomic E-state index is -0.437. The lowest BCUT2D eigenvalue weighted by Crippen LogP contribution is -2.48. The summed E-state index contributed by atoms with van der Waals surface area (Å²) >= 11 is 0. The van der Waals surface area contributed by atoms with E-state index < -0.39 is 5.97 Å². The normalized spacial score (nSPS) is 14.0. The minimum Gasteiger partial charge on any atom is -0.465 e. The van der Waals surface area contributed by atoms with E-state index in [1.165, 1.54) is 19.5 Å². The Hall–Kier alpha value is -5.70. The number of nitrogens with two attached hydrogens (primary N) is 1. The zero-order chi connectivity index (χ0) is 36.7. The number of ketones is 1. The largest absolute Gasteiger partial charge is 0.465 e. The van der Waals surface area contributed by atoms with Crippen LogP contribution in [0.4, 0.5) is 21.0 Å². The molecule has 6 rings (SSSR count). The van der Waals surface area contributed by atoms with Crippen molar-refractivity contribution >= 4 is 35.2 Å². The van der Waals surface area contributed by atoms with E-state index in [0.717, 1.165) is 11.4 Å². The summed E-state index contributed by atoms with van der Waals surface area (Å²) in [5.41, 5.74) is 9.20. The van der Waals surface area contributed by atoms with Gasteiger partial charge < -0.3 is 29.7 Å². The third-order valence-electron chi connectivity index (χ3n) is 8.38. The van der Waals surface area contributed by atoms with Gasteiger partial charge >= 0.3 is 18.0 Å². The molecule has 2 N–H and O–H groups in total. The number of rotatable bonds is 9. The molecule has 4 aromatic rings. The van der Waals surface area contributed by atoms with Crippen LogP contribution in [0.15, 0.2) is 97.3 Å². The molecular weight excluding hydrogens is 666 g/mol. The number of methoxy groups -OCH3 is 1. The Labute approximate surface area is 302 Å². The number of urea groups is 2. The van der Waals surface area contributed by atoms with Crippen LogP contribution in [0.3, 0.4) is 0 Å². The van der Waals surface area contributed by atoms with Gasteiger partial charge in [0.25, 0.3) is 0 Å². The molecule has 2 fully saturated rings. The molecule has 52 heavy (non-hydrogen) atoms. The predicted molar refractivity (Wildman–Crippen MR) is 194 cm³/mol. The van der Waals surface area contributed by atoms with E-state index in [0.29, 0.717) is 88.2 Å². The Balaban J connectivity index is 0.000000201. The number of benzene rings is 2. The number of Topliss-reactive ketones (excluding diaryl/α,β-unsaturated/α-hetero) is 1. The number of morpholine rings is 2. The quantitative estimate of drug-likeness (QED) is 0.199. The summed E-state index contributed by atoms with van der Waals surface area (Å²) in [4.78, 5) is 64.8. The maximum atomic E-state index is 13.0. The number of anilines is 2. The van der Waals surface area contributed by atoms with E-state index in [4.69, 9.17) is 15.2 Å². The smallest absolute Gasteiger partial charge is 0.339 e. The lowest BCUT2D eigenvalue weighted by molar-refractivity contribution is 0.0548. The number of carbonyl (C=O) groups is 4.